The molecule has 0 bridgehead atoms. The van der Waals surface area contributed by atoms with Crippen molar-refractivity contribution in [2.75, 3.05) is 13.1 Å². The number of hydrogen-bond acceptors (Lipinski definition) is 4. The quantitative estimate of drug-likeness (QED) is 0.743. The van der Waals surface area contributed by atoms with E-state index < -0.39 is 6.10 Å². The van der Waals surface area contributed by atoms with Gasteiger partial charge in [0.25, 0.3) is 0 Å². The van der Waals surface area contributed by atoms with Crippen molar-refractivity contribution in [3.63, 3.8) is 0 Å². The van der Waals surface area contributed by atoms with Crippen LogP contribution in [0.25, 0.3) is 0 Å². The van der Waals surface area contributed by atoms with Gasteiger partial charge in [-0.2, -0.15) is 0 Å². The van der Waals surface area contributed by atoms with Crippen LogP contribution < -0.4 is 5.73 Å². The summed E-state index contributed by atoms with van der Waals surface area (Å²) in [5, 5.41) is 10.5. The van der Waals surface area contributed by atoms with Crippen LogP contribution >= 0.6 is 0 Å². The van der Waals surface area contributed by atoms with Crippen LogP contribution in [0.2, 0.25) is 0 Å². The highest BCUT2D eigenvalue weighted by molar-refractivity contribution is 5.77. The van der Waals surface area contributed by atoms with Gasteiger partial charge in [-0.1, -0.05) is 49.6 Å². The van der Waals surface area contributed by atoms with E-state index in [0.717, 1.165) is 31.2 Å². The van der Waals surface area contributed by atoms with Gasteiger partial charge >= 0.3 is 0 Å². The van der Waals surface area contributed by atoms with E-state index >= 15 is 0 Å². The number of aliphatic hydroxyl groups is 1. The maximum absolute atomic E-state index is 13.2. The molecule has 5 nitrogen and oxygen atoms in total. The van der Waals surface area contributed by atoms with E-state index in [1.165, 1.54) is 12.7 Å². The van der Waals surface area contributed by atoms with Crippen molar-refractivity contribution in [1.82, 2.24) is 4.90 Å². The highest BCUT2D eigenvalue weighted by Crippen LogP contribution is 2.39. The maximum Gasteiger partial charge on any atom is 0.223 e. The highest BCUT2D eigenvalue weighted by Gasteiger charge is 2.35. The van der Waals surface area contributed by atoms with Crippen LogP contribution in [0.15, 0.2) is 53.1 Å². The summed E-state index contributed by atoms with van der Waals surface area (Å²) in [4.78, 5) is 15.0. The van der Waals surface area contributed by atoms with E-state index in [1.807, 2.05) is 30.3 Å². The monoisotopic (exact) mass is 370 g/mol. The molecule has 146 valence electrons. The van der Waals surface area contributed by atoms with Crippen molar-refractivity contribution in [3.8, 4) is 0 Å². The molecule has 3 N–H and O–H groups in total. The Morgan fingerprint density at radius 3 is 2.52 bits per heavy atom. The van der Waals surface area contributed by atoms with E-state index in [2.05, 4.69) is 0 Å². The first-order valence-corrected chi connectivity index (χ1v) is 9.85. The molecule has 1 saturated carbocycles. The van der Waals surface area contributed by atoms with Crippen molar-refractivity contribution in [2.45, 2.75) is 51.2 Å². The van der Waals surface area contributed by atoms with Crippen LogP contribution in [0.3, 0.4) is 0 Å². The lowest BCUT2D eigenvalue weighted by molar-refractivity contribution is -0.136. The van der Waals surface area contributed by atoms with Crippen LogP contribution in [-0.4, -0.2) is 29.0 Å². The summed E-state index contributed by atoms with van der Waals surface area (Å²) in [6.07, 6.45) is 6.66. The van der Waals surface area contributed by atoms with Gasteiger partial charge in [-0.15, -0.1) is 0 Å². The van der Waals surface area contributed by atoms with Crippen LogP contribution in [0.4, 0.5) is 0 Å². The lowest BCUT2D eigenvalue weighted by Gasteiger charge is -2.37. The minimum atomic E-state index is -0.840. The Bertz CT molecular complexity index is 694. The van der Waals surface area contributed by atoms with Crippen molar-refractivity contribution >= 4 is 5.91 Å². The average molecular weight is 370 g/mol. The number of rotatable bonds is 8. The predicted octanol–water partition coefficient (Wildman–Crippen LogP) is 3.64. The number of nitrogens with two attached hydrogens (primary N) is 1. The summed E-state index contributed by atoms with van der Waals surface area (Å²) in [7, 11) is 0. The van der Waals surface area contributed by atoms with Crippen LogP contribution in [0.5, 0.6) is 0 Å². The van der Waals surface area contributed by atoms with Gasteiger partial charge in [-0.3, -0.25) is 4.79 Å². The third kappa shape index (κ3) is 5.21. The number of hydrogen-bond donors (Lipinski definition) is 2. The fraction of sp³-hybridized carbons (Fsp3) is 0.500. The van der Waals surface area contributed by atoms with Crippen molar-refractivity contribution in [1.29, 1.82) is 0 Å². The Balaban J connectivity index is 1.74. The Morgan fingerprint density at radius 2 is 1.89 bits per heavy atom. The minimum absolute atomic E-state index is 0.0526. The zero-order valence-corrected chi connectivity index (χ0v) is 15.8. The van der Waals surface area contributed by atoms with E-state index in [9.17, 15) is 9.90 Å². The van der Waals surface area contributed by atoms with E-state index in [1.54, 1.807) is 17.0 Å². The normalized spacial score (nSPS) is 17.4. The number of amides is 1. The van der Waals surface area contributed by atoms with Gasteiger partial charge in [0, 0.05) is 13.0 Å². The summed E-state index contributed by atoms with van der Waals surface area (Å²) in [5.74, 6) is 0.531. The first-order chi connectivity index (χ1) is 13.1. The molecule has 0 radical (unpaired) electrons. The second-order valence-electron chi connectivity index (χ2n) is 7.73. The highest BCUT2D eigenvalue weighted by atomic mass is 16.4. The third-order valence-corrected chi connectivity index (χ3v) is 5.71. The van der Waals surface area contributed by atoms with Crippen molar-refractivity contribution in [2.24, 2.45) is 11.1 Å². The third-order valence-electron chi connectivity index (χ3n) is 5.71. The van der Waals surface area contributed by atoms with Gasteiger partial charge in [0.15, 0.2) is 0 Å². The van der Waals surface area contributed by atoms with Crippen molar-refractivity contribution in [3.05, 3.63) is 60.1 Å². The molecular formula is C22H30N2O3. The largest absolute Gasteiger partial charge is 0.467 e. The number of nitrogens with zero attached hydrogens (tertiary/aromatic N) is 1. The molecule has 3 rings (SSSR count). The lowest BCUT2D eigenvalue weighted by Crippen LogP contribution is -2.41. The Kier molecular flexibility index (Phi) is 6.69. The Morgan fingerprint density at radius 1 is 1.15 bits per heavy atom. The zero-order chi connectivity index (χ0) is 19.1. The first kappa shape index (κ1) is 19.6. The summed E-state index contributed by atoms with van der Waals surface area (Å²) >= 11 is 0. The molecular weight excluding hydrogens is 340 g/mol. The number of benzene rings is 1. The summed E-state index contributed by atoms with van der Waals surface area (Å²) < 4.78 is 5.31. The molecule has 0 saturated heterocycles. The number of carbonyl (C=O) groups excluding carboxylic acids is 1. The average Bonchev–Trinajstić information content (AvgIpc) is 3.24. The smallest absolute Gasteiger partial charge is 0.223 e. The van der Waals surface area contributed by atoms with Crippen LogP contribution in [-0.2, 0) is 11.3 Å². The Labute approximate surface area is 161 Å². The number of aliphatic hydroxyl groups excluding tert-OH is 1. The second-order valence-corrected chi connectivity index (χ2v) is 7.73. The molecule has 1 amide bonds. The van der Waals surface area contributed by atoms with Gasteiger partial charge in [-0.05, 0) is 42.5 Å². The topological polar surface area (TPSA) is 79.7 Å². The molecule has 1 heterocycles. The van der Waals surface area contributed by atoms with Crippen LogP contribution in [0.1, 0.15) is 56.0 Å². The molecule has 0 aliphatic heterocycles. The molecule has 27 heavy (non-hydrogen) atoms. The fourth-order valence-electron chi connectivity index (χ4n) is 4.03. The van der Waals surface area contributed by atoms with E-state index in [4.69, 9.17) is 10.2 Å². The minimum Gasteiger partial charge on any atom is -0.467 e. The fourth-order valence-corrected chi connectivity index (χ4v) is 4.03. The van der Waals surface area contributed by atoms with Gasteiger partial charge in [0.2, 0.25) is 5.91 Å². The summed E-state index contributed by atoms with van der Waals surface area (Å²) in [6, 6.07) is 13.4. The molecule has 1 unspecified atom stereocenters. The number of furan rings is 1. The molecule has 0 spiro atoms. The van der Waals surface area contributed by atoms with Crippen LogP contribution in [0, 0.1) is 5.41 Å². The SMILES string of the molecule is NCC1(CC(=O)N(Cc2ccccc2)CC(O)c2ccco2)CCCCC1. The lowest BCUT2D eigenvalue weighted by atomic mass is 9.71. The van der Waals surface area contributed by atoms with Gasteiger partial charge < -0.3 is 20.2 Å². The van der Waals surface area contributed by atoms with Gasteiger partial charge in [-0.25, -0.2) is 0 Å². The zero-order valence-electron chi connectivity index (χ0n) is 15.8. The van der Waals surface area contributed by atoms with Crippen molar-refractivity contribution < 1.29 is 14.3 Å². The van der Waals surface area contributed by atoms with Gasteiger partial charge in [0.1, 0.15) is 11.9 Å². The molecule has 2 aromatic rings. The summed E-state index contributed by atoms with van der Waals surface area (Å²) in [6.45, 7) is 1.22. The standard InChI is InChI=1S/C22H30N2O3/c23-17-22(11-5-2-6-12-22)14-21(26)24(15-18-8-3-1-4-9-18)16-19(25)20-10-7-13-27-20/h1,3-4,7-10,13,19,25H,2,5-6,11-12,14-17,23H2. The molecule has 1 aliphatic carbocycles. The van der Waals surface area contributed by atoms with E-state index in [0.29, 0.717) is 25.3 Å². The number of carbonyl (C=O) groups is 1. The predicted molar refractivity (Wildman–Crippen MR) is 105 cm³/mol. The van der Waals surface area contributed by atoms with E-state index in [-0.39, 0.29) is 17.9 Å². The summed E-state index contributed by atoms with van der Waals surface area (Å²) in [5.41, 5.74) is 7.03. The second kappa shape index (κ2) is 9.20. The maximum atomic E-state index is 13.2. The molecule has 5 heteroatoms. The first-order valence-electron chi connectivity index (χ1n) is 9.85. The molecule has 1 aromatic carbocycles. The molecule has 1 fully saturated rings. The van der Waals surface area contributed by atoms with Gasteiger partial charge in [0.05, 0.1) is 12.8 Å². The molecule has 1 atom stereocenters. The molecule has 1 aromatic heterocycles. The Hall–Kier alpha value is -2.11. The molecule has 1 aliphatic rings.